The highest BCUT2D eigenvalue weighted by molar-refractivity contribution is 6.05. The van der Waals surface area contributed by atoms with Gasteiger partial charge in [0, 0.05) is 5.69 Å². The number of anilines is 1. The van der Waals surface area contributed by atoms with Crippen LogP contribution < -0.4 is 10.6 Å². The first-order valence-corrected chi connectivity index (χ1v) is 7.77. The molecule has 0 saturated carbocycles. The van der Waals surface area contributed by atoms with Crippen molar-refractivity contribution in [3.63, 3.8) is 0 Å². The number of carbonyl (C=O) groups is 1. The van der Waals surface area contributed by atoms with Crippen LogP contribution in [0.3, 0.4) is 0 Å². The van der Waals surface area contributed by atoms with Crippen LogP contribution in [0.5, 0.6) is 0 Å². The van der Waals surface area contributed by atoms with Gasteiger partial charge in [0.2, 0.25) is 5.91 Å². The normalized spacial score (nSPS) is 20.9. The molecule has 0 radical (unpaired) electrons. The molecule has 3 rings (SSSR count). The van der Waals surface area contributed by atoms with Crippen molar-refractivity contribution in [3.05, 3.63) is 64.7 Å². The molecule has 1 amide bonds. The second kappa shape index (κ2) is 5.58. The summed E-state index contributed by atoms with van der Waals surface area (Å²) in [4.78, 5) is 14.1. The van der Waals surface area contributed by atoms with Crippen LogP contribution in [0.1, 0.15) is 35.2 Å². The van der Waals surface area contributed by atoms with Crippen molar-refractivity contribution in [3.8, 4) is 0 Å². The molecule has 1 aliphatic rings. The molecule has 3 heteroatoms. The molecular weight excluding hydrogens is 272 g/mol. The summed E-state index contributed by atoms with van der Waals surface area (Å²) in [5.74, 6) is -0.00665. The van der Waals surface area contributed by atoms with Gasteiger partial charge in [-0.05, 0) is 54.7 Å². The summed E-state index contributed by atoms with van der Waals surface area (Å²) in [5.41, 5.74) is 11.8. The van der Waals surface area contributed by atoms with Crippen LogP contribution in [0.4, 0.5) is 5.69 Å². The Bertz CT molecular complexity index is 706. The Hall–Kier alpha value is -2.13. The lowest BCUT2D eigenvalue weighted by Gasteiger charge is -2.45. The molecule has 0 aliphatic carbocycles. The van der Waals surface area contributed by atoms with Gasteiger partial charge in [0.1, 0.15) is 6.04 Å². The molecule has 0 bridgehead atoms. The van der Waals surface area contributed by atoms with Crippen molar-refractivity contribution in [2.24, 2.45) is 5.73 Å². The lowest BCUT2D eigenvalue weighted by molar-refractivity contribution is -0.126. The maximum Gasteiger partial charge on any atom is 0.247 e. The highest BCUT2D eigenvalue weighted by Gasteiger charge is 2.46. The summed E-state index contributed by atoms with van der Waals surface area (Å²) < 4.78 is 0. The van der Waals surface area contributed by atoms with Gasteiger partial charge in [-0.25, -0.2) is 0 Å². The molecular formula is C19H22N2O. The zero-order valence-electron chi connectivity index (χ0n) is 13.3. The summed E-state index contributed by atoms with van der Waals surface area (Å²) in [6.45, 7) is 6.27. The van der Waals surface area contributed by atoms with E-state index in [1.807, 2.05) is 11.0 Å². The molecule has 1 fully saturated rings. The summed E-state index contributed by atoms with van der Waals surface area (Å²) in [6.07, 6.45) is 1.01. The molecule has 2 aromatic carbocycles. The Balaban J connectivity index is 1.95. The first-order chi connectivity index (χ1) is 10.5. The van der Waals surface area contributed by atoms with E-state index in [1.165, 1.54) is 16.7 Å². The second-order valence-corrected chi connectivity index (χ2v) is 6.04. The van der Waals surface area contributed by atoms with E-state index in [0.717, 1.165) is 17.7 Å². The van der Waals surface area contributed by atoms with E-state index in [0.29, 0.717) is 0 Å². The second-order valence-electron chi connectivity index (χ2n) is 6.04. The van der Waals surface area contributed by atoms with E-state index in [4.69, 9.17) is 5.73 Å². The molecule has 22 heavy (non-hydrogen) atoms. The van der Waals surface area contributed by atoms with Crippen molar-refractivity contribution < 1.29 is 4.79 Å². The standard InChI is InChI=1S/C19H22N2O/c1-4-14-6-8-15(9-7-14)18-17(20)19(22)21(18)16-10-5-12(2)13(3)11-16/h5-11,17-18H,4,20H2,1-3H3. The van der Waals surface area contributed by atoms with Crippen molar-refractivity contribution in [2.45, 2.75) is 39.3 Å². The van der Waals surface area contributed by atoms with Gasteiger partial charge >= 0.3 is 0 Å². The summed E-state index contributed by atoms with van der Waals surface area (Å²) >= 11 is 0. The van der Waals surface area contributed by atoms with Crippen LogP contribution in [0.25, 0.3) is 0 Å². The Morgan fingerprint density at radius 2 is 1.73 bits per heavy atom. The SMILES string of the molecule is CCc1ccc(C2C(N)C(=O)N2c2ccc(C)c(C)c2)cc1. The molecule has 2 aromatic rings. The first-order valence-electron chi connectivity index (χ1n) is 7.77. The van der Waals surface area contributed by atoms with Crippen LogP contribution in [-0.4, -0.2) is 11.9 Å². The quantitative estimate of drug-likeness (QED) is 0.883. The van der Waals surface area contributed by atoms with Gasteiger partial charge in [-0.2, -0.15) is 0 Å². The highest BCUT2D eigenvalue weighted by Crippen LogP contribution is 2.38. The number of hydrogen-bond donors (Lipinski definition) is 1. The molecule has 1 saturated heterocycles. The number of rotatable bonds is 3. The van der Waals surface area contributed by atoms with E-state index in [1.54, 1.807) is 0 Å². The average Bonchev–Trinajstić information content (AvgIpc) is 2.54. The van der Waals surface area contributed by atoms with Gasteiger partial charge < -0.3 is 10.6 Å². The monoisotopic (exact) mass is 294 g/mol. The van der Waals surface area contributed by atoms with Gasteiger partial charge in [0.05, 0.1) is 6.04 Å². The molecule has 2 atom stereocenters. The number of benzene rings is 2. The molecule has 1 aliphatic heterocycles. The molecule has 0 spiro atoms. The van der Waals surface area contributed by atoms with Crippen molar-refractivity contribution in [2.75, 3.05) is 4.90 Å². The summed E-state index contributed by atoms with van der Waals surface area (Å²) in [6, 6.07) is 14.0. The Kier molecular flexibility index (Phi) is 3.75. The maximum atomic E-state index is 12.3. The average molecular weight is 294 g/mol. The van der Waals surface area contributed by atoms with Crippen molar-refractivity contribution in [1.82, 2.24) is 0 Å². The lowest BCUT2D eigenvalue weighted by Crippen LogP contribution is -2.63. The predicted molar refractivity (Wildman–Crippen MR) is 89.9 cm³/mol. The van der Waals surface area contributed by atoms with E-state index in [9.17, 15) is 4.79 Å². The highest BCUT2D eigenvalue weighted by atomic mass is 16.2. The third kappa shape index (κ3) is 2.32. The van der Waals surface area contributed by atoms with Gasteiger partial charge in [-0.15, -0.1) is 0 Å². The van der Waals surface area contributed by atoms with Gasteiger partial charge in [0.15, 0.2) is 0 Å². The van der Waals surface area contributed by atoms with E-state index in [2.05, 4.69) is 57.2 Å². The van der Waals surface area contributed by atoms with Crippen molar-refractivity contribution >= 4 is 11.6 Å². The molecule has 114 valence electrons. The number of aryl methyl sites for hydroxylation is 3. The lowest BCUT2D eigenvalue weighted by atomic mass is 9.87. The van der Waals surface area contributed by atoms with Crippen molar-refractivity contribution in [1.29, 1.82) is 0 Å². The van der Waals surface area contributed by atoms with E-state index in [-0.39, 0.29) is 11.9 Å². The number of carbonyl (C=O) groups excluding carboxylic acids is 1. The summed E-state index contributed by atoms with van der Waals surface area (Å²) in [5, 5.41) is 0. The smallest absolute Gasteiger partial charge is 0.247 e. The topological polar surface area (TPSA) is 46.3 Å². The number of β-lactam (4-membered cyclic amide) rings is 1. The molecule has 2 unspecified atom stereocenters. The van der Waals surface area contributed by atoms with E-state index >= 15 is 0 Å². The summed E-state index contributed by atoms with van der Waals surface area (Å²) in [7, 11) is 0. The zero-order chi connectivity index (χ0) is 15.9. The fraction of sp³-hybridized carbons (Fsp3) is 0.316. The minimum Gasteiger partial charge on any atom is -0.318 e. The van der Waals surface area contributed by atoms with Gasteiger partial charge in [-0.3, -0.25) is 4.79 Å². The van der Waals surface area contributed by atoms with Gasteiger partial charge in [0.25, 0.3) is 0 Å². The number of nitrogens with zero attached hydrogens (tertiary/aromatic N) is 1. The molecule has 0 aromatic heterocycles. The van der Waals surface area contributed by atoms with Crippen LogP contribution in [0.15, 0.2) is 42.5 Å². The third-order valence-corrected chi connectivity index (χ3v) is 4.64. The fourth-order valence-electron chi connectivity index (χ4n) is 2.98. The first kappa shape index (κ1) is 14.8. The Labute approximate surface area is 131 Å². The van der Waals surface area contributed by atoms with Crippen LogP contribution in [0, 0.1) is 13.8 Å². The van der Waals surface area contributed by atoms with Crippen LogP contribution >= 0.6 is 0 Å². The Morgan fingerprint density at radius 1 is 1.05 bits per heavy atom. The number of nitrogens with two attached hydrogens (primary N) is 1. The fourth-order valence-corrected chi connectivity index (χ4v) is 2.98. The maximum absolute atomic E-state index is 12.3. The number of hydrogen-bond acceptors (Lipinski definition) is 2. The Morgan fingerprint density at radius 3 is 2.32 bits per heavy atom. The molecule has 2 N–H and O–H groups in total. The zero-order valence-corrected chi connectivity index (χ0v) is 13.3. The minimum absolute atomic E-state index is 0.00665. The largest absolute Gasteiger partial charge is 0.318 e. The van der Waals surface area contributed by atoms with Crippen LogP contribution in [0.2, 0.25) is 0 Å². The minimum atomic E-state index is -0.450. The third-order valence-electron chi connectivity index (χ3n) is 4.64. The molecule has 3 nitrogen and oxygen atoms in total. The van der Waals surface area contributed by atoms with Gasteiger partial charge in [-0.1, -0.05) is 37.3 Å². The predicted octanol–water partition coefficient (Wildman–Crippen LogP) is 3.28. The molecule has 1 heterocycles. The van der Waals surface area contributed by atoms with Crippen LogP contribution in [-0.2, 0) is 11.2 Å². The number of amides is 1. The van der Waals surface area contributed by atoms with E-state index < -0.39 is 6.04 Å².